The van der Waals surface area contributed by atoms with Crippen molar-refractivity contribution in [2.24, 2.45) is 5.92 Å². The van der Waals surface area contributed by atoms with Gasteiger partial charge in [0.15, 0.2) is 0 Å². The molecule has 0 spiro atoms. The van der Waals surface area contributed by atoms with Gasteiger partial charge in [0, 0.05) is 0 Å². The van der Waals surface area contributed by atoms with Gasteiger partial charge < -0.3 is 0 Å². The maximum Gasteiger partial charge on any atom is -0.0235 e. The third kappa shape index (κ3) is 10.8. The molecule has 1 aliphatic carbocycles. The lowest BCUT2D eigenvalue weighted by Gasteiger charge is -2.16. The maximum absolute atomic E-state index is 2.27. The van der Waals surface area contributed by atoms with Crippen molar-refractivity contribution in [3.63, 3.8) is 0 Å². The summed E-state index contributed by atoms with van der Waals surface area (Å²) in [4.78, 5) is 0. The normalized spacial score (nSPS) is 9.89. The molecule has 1 aromatic carbocycles. The predicted molar refractivity (Wildman–Crippen MR) is 95.1 cm³/mol. The van der Waals surface area contributed by atoms with Crippen molar-refractivity contribution in [2.75, 3.05) is 0 Å². The van der Waals surface area contributed by atoms with E-state index in [0.717, 1.165) is 5.92 Å². The maximum atomic E-state index is 2.27. The number of aryl methyl sites for hydroxylation is 2. The van der Waals surface area contributed by atoms with E-state index in [1.54, 1.807) is 11.1 Å². The molecule has 0 aliphatic heterocycles. The van der Waals surface area contributed by atoms with E-state index in [1.807, 2.05) is 0 Å². The molecule has 0 radical (unpaired) electrons. The number of hydrogen-bond acceptors (Lipinski definition) is 0. The Labute approximate surface area is 124 Å². The van der Waals surface area contributed by atoms with Gasteiger partial charge in [-0.1, -0.05) is 94.0 Å². The topological polar surface area (TPSA) is 0 Å². The van der Waals surface area contributed by atoms with Gasteiger partial charge >= 0.3 is 0 Å². The van der Waals surface area contributed by atoms with Crippen molar-refractivity contribution < 1.29 is 0 Å². The summed E-state index contributed by atoms with van der Waals surface area (Å²) in [7, 11) is 0. The van der Waals surface area contributed by atoms with Crippen molar-refractivity contribution in [3.8, 4) is 0 Å². The molecular weight excluding hydrogens is 228 g/mol. The second-order valence-electron chi connectivity index (χ2n) is 4.80. The monoisotopic (exact) mass is 268 g/mol. The highest BCUT2D eigenvalue weighted by Gasteiger charge is 2.09. The fourth-order valence-corrected chi connectivity index (χ4v) is 1.75. The van der Waals surface area contributed by atoms with Crippen LogP contribution in [0, 0.1) is 5.92 Å². The number of hydrogen-bond donors (Lipinski definition) is 0. The molecule has 0 aromatic heterocycles. The number of unbranched alkanes of at least 4 members (excludes halogenated alkanes) is 1. The summed E-state index contributed by atoms with van der Waals surface area (Å²) < 4.78 is 0. The summed E-state index contributed by atoms with van der Waals surface area (Å²) >= 11 is 0. The average Bonchev–Trinajstić information content (AvgIpc) is 2.18. The molecule has 0 saturated carbocycles. The predicted octanol–water partition coefficient (Wildman–Crippen LogP) is 7.16. The minimum Gasteiger partial charge on any atom is -0.0776 e. The summed E-state index contributed by atoms with van der Waals surface area (Å²) in [5, 5.41) is 0. The molecule has 116 valence electrons. The molecule has 0 atom stereocenters. The Morgan fingerprint density at radius 2 is 1.32 bits per heavy atom. The van der Waals surface area contributed by atoms with Crippen molar-refractivity contribution in [2.45, 2.75) is 82.6 Å². The van der Waals surface area contributed by atoms with Crippen molar-refractivity contribution in [3.05, 3.63) is 35.4 Å². The molecule has 0 fully saturated rings. The van der Waals surface area contributed by atoms with Gasteiger partial charge in [-0.05, 0) is 29.9 Å². The molecule has 19 heavy (non-hydrogen) atoms. The van der Waals surface area contributed by atoms with Crippen LogP contribution in [0.5, 0.6) is 0 Å². The molecule has 0 N–H and O–H groups in total. The molecule has 0 heterocycles. The summed E-state index contributed by atoms with van der Waals surface area (Å²) in [6.07, 6.45) is 6.75. The van der Waals surface area contributed by atoms with Gasteiger partial charge in [0.05, 0.1) is 0 Å². The van der Waals surface area contributed by atoms with E-state index in [1.165, 1.54) is 32.1 Å². The van der Waals surface area contributed by atoms with Crippen molar-refractivity contribution in [1.29, 1.82) is 0 Å². The lowest BCUT2D eigenvalue weighted by Crippen LogP contribution is -2.06. The Balaban J connectivity index is -0.0000000989. The zero-order valence-corrected chi connectivity index (χ0v) is 10.4. The van der Waals surface area contributed by atoms with Gasteiger partial charge in [-0.2, -0.15) is 0 Å². The third-order valence-corrected chi connectivity index (χ3v) is 2.92. The molecule has 0 bridgehead atoms. The highest BCUT2D eigenvalue weighted by molar-refractivity contribution is 5.34. The fourth-order valence-electron chi connectivity index (χ4n) is 1.75. The van der Waals surface area contributed by atoms with Crippen LogP contribution in [0.15, 0.2) is 24.3 Å². The summed E-state index contributed by atoms with van der Waals surface area (Å²) in [6, 6.07) is 8.63. The second kappa shape index (κ2) is 15.3. The average molecular weight is 269 g/mol. The van der Waals surface area contributed by atoms with Gasteiger partial charge in [-0.25, -0.2) is 0 Å². The van der Waals surface area contributed by atoms with Crippen LogP contribution in [0.3, 0.4) is 0 Å². The van der Waals surface area contributed by atoms with E-state index in [9.17, 15) is 0 Å². The zero-order valence-electron chi connectivity index (χ0n) is 10.4. The number of fused-ring (bicyclic) bond motifs is 1. The van der Waals surface area contributed by atoms with Crippen LogP contribution in [0.1, 0.15) is 80.9 Å². The Morgan fingerprint density at radius 3 is 1.47 bits per heavy atom. The first-order valence-electron chi connectivity index (χ1n) is 6.30. The van der Waals surface area contributed by atoms with E-state index in [-0.39, 0.29) is 29.7 Å². The number of rotatable bonds is 3. The van der Waals surface area contributed by atoms with Gasteiger partial charge in [-0.3, -0.25) is 0 Å². The molecule has 0 heteroatoms. The first kappa shape index (κ1) is 26.7. The first-order valence-corrected chi connectivity index (χ1v) is 6.30. The minimum absolute atomic E-state index is 0. The Hall–Kier alpha value is -0.780. The van der Waals surface area contributed by atoms with Crippen LogP contribution in [0.25, 0.3) is 0 Å². The van der Waals surface area contributed by atoms with Crippen LogP contribution in [0.4, 0.5) is 0 Å². The standard InChI is InChI=1S/C8H8.C7H16.4CH4/c1-2-4-8-6-5-7(8)3-1;1-4-5-6-7(2)3;;;;/h1-4H,5-6H2;7H,4-6H2,1-3H3;4*1H4. The quantitative estimate of drug-likeness (QED) is 0.545. The highest BCUT2D eigenvalue weighted by atomic mass is 14.1. The molecule has 0 amide bonds. The SMILES string of the molecule is C.C.C.C.CCCCC(C)C.c1ccc2c(c1)CC2. The molecule has 2 rings (SSSR count). The van der Waals surface area contributed by atoms with Crippen LogP contribution in [-0.4, -0.2) is 0 Å². The second-order valence-corrected chi connectivity index (χ2v) is 4.80. The van der Waals surface area contributed by atoms with Crippen LogP contribution in [-0.2, 0) is 12.8 Å². The lowest BCUT2D eigenvalue weighted by molar-refractivity contribution is 0.550. The fraction of sp³-hybridized carbons (Fsp3) is 0.684. The highest BCUT2D eigenvalue weighted by Crippen LogP contribution is 2.20. The van der Waals surface area contributed by atoms with Gasteiger partial charge in [0.25, 0.3) is 0 Å². The van der Waals surface area contributed by atoms with Gasteiger partial charge in [0.1, 0.15) is 0 Å². The molecule has 0 saturated heterocycles. The van der Waals surface area contributed by atoms with Crippen LogP contribution in [0.2, 0.25) is 0 Å². The minimum atomic E-state index is 0. The zero-order chi connectivity index (χ0) is 11.1. The third-order valence-electron chi connectivity index (χ3n) is 2.92. The van der Waals surface area contributed by atoms with Crippen LogP contribution < -0.4 is 0 Å². The Kier molecular flexibility index (Phi) is 21.5. The van der Waals surface area contributed by atoms with E-state index in [4.69, 9.17) is 0 Å². The van der Waals surface area contributed by atoms with Crippen LogP contribution >= 0.6 is 0 Å². The van der Waals surface area contributed by atoms with E-state index in [0.29, 0.717) is 0 Å². The van der Waals surface area contributed by atoms with Crippen molar-refractivity contribution >= 4 is 0 Å². The molecular formula is C19H40. The molecule has 0 nitrogen and oxygen atoms in total. The van der Waals surface area contributed by atoms with Gasteiger partial charge in [0.2, 0.25) is 0 Å². The molecule has 1 aromatic rings. The summed E-state index contributed by atoms with van der Waals surface area (Å²) in [5.41, 5.74) is 3.10. The van der Waals surface area contributed by atoms with Crippen molar-refractivity contribution in [1.82, 2.24) is 0 Å². The summed E-state index contributed by atoms with van der Waals surface area (Å²) in [5.74, 6) is 0.903. The smallest absolute Gasteiger partial charge is 0.0235 e. The largest absolute Gasteiger partial charge is 0.0776 e. The van der Waals surface area contributed by atoms with E-state index < -0.39 is 0 Å². The molecule has 0 unspecified atom stereocenters. The Morgan fingerprint density at radius 1 is 0.895 bits per heavy atom. The van der Waals surface area contributed by atoms with Gasteiger partial charge in [-0.15, -0.1) is 0 Å². The lowest BCUT2D eigenvalue weighted by atomic mass is 9.89. The van der Waals surface area contributed by atoms with E-state index >= 15 is 0 Å². The first-order chi connectivity index (χ1) is 7.24. The molecule has 1 aliphatic rings. The summed E-state index contributed by atoms with van der Waals surface area (Å²) in [6.45, 7) is 6.79. The Bertz CT molecular complexity index is 250. The number of benzene rings is 1. The van der Waals surface area contributed by atoms with E-state index in [2.05, 4.69) is 45.0 Å².